The molecule has 3 amide bonds. The Morgan fingerprint density at radius 1 is 1.38 bits per heavy atom. The second-order valence-electron chi connectivity index (χ2n) is 2.64. The Hall–Kier alpha value is -1.27. The average molecular weight is 196 g/mol. The van der Waals surface area contributed by atoms with E-state index in [1.165, 1.54) is 0 Å². The van der Waals surface area contributed by atoms with E-state index in [1.54, 1.807) is 0 Å². The van der Waals surface area contributed by atoms with Gasteiger partial charge in [-0.3, -0.25) is 10.1 Å². The molecule has 0 aromatic heterocycles. The number of carbonyl (C=O) groups excluding carboxylic acids is 2. The van der Waals surface area contributed by atoms with Gasteiger partial charge in [0, 0.05) is 6.54 Å². The number of alkyl halides is 3. The summed E-state index contributed by atoms with van der Waals surface area (Å²) < 4.78 is 35.1. The standard InChI is InChI=1S/C6H7F3N2O2/c7-6(8,9)1-2-11-3-4(12)10-5(11)13/h1-3H2,(H,10,12,13). The van der Waals surface area contributed by atoms with Crippen molar-refractivity contribution in [1.82, 2.24) is 10.2 Å². The van der Waals surface area contributed by atoms with Gasteiger partial charge in [-0.05, 0) is 0 Å². The topological polar surface area (TPSA) is 49.4 Å². The van der Waals surface area contributed by atoms with E-state index < -0.39 is 31.1 Å². The largest absolute Gasteiger partial charge is 0.390 e. The maximum Gasteiger partial charge on any atom is 0.390 e. The van der Waals surface area contributed by atoms with E-state index in [0.717, 1.165) is 4.90 Å². The van der Waals surface area contributed by atoms with E-state index in [-0.39, 0.29) is 6.54 Å². The van der Waals surface area contributed by atoms with E-state index in [2.05, 4.69) is 0 Å². The predicted octanol–water partition coefficient (Wildman–Crippen LogP) is 0.491. The highest BCUT2D eigenvalue weighted by Crippen LogP contribution is 2.20. The summed E-state index contributed by atoms with van der Waals surface area (Å²) in [6, 6.07) is -0.755. The zero-order valence-electron chi connectivity index (χ0n) is 6.52. The molecule has 0 aromatic rings. The molecule has 0 aliphatic carbocycles. The van der Waals surface area contributed by atoms with Crippen molar-refractivity contribution < 1.29 is 22.8 Å². The molecule has 0 aromatic carbocycles. The van der Waals surface area contributed by atoms with Crippen molar-refractivity contribution in [3.8, 4) is 0 Å². The van der Waals surface area contributed by atoms with Crippen molar-refractivity contribution in [1.29, 1.82) is 0 Å². The summed E-state index contributed by atoms with van der Waals surface area (Å²) in [4.78, 5) is 22.1. The van der Waals surface area contributed by atoms with Crippen molar-refractivity contribution in [3.63, 3.8) is 0 Å². The Kier molecular flexibility index (Phi) is 2.44. The fourth-order valence-corrected chi connectivity index (χ4v) is 0.925. The first-order valence-electron chi connectivity index (χ1n) is 3.54. The number of urea groups is 1. The molecule has 74 valence electrons. The third-order valence-corrected chi connectivity index (χ3v) is 1.53. The summed E-state index contributed by atoms with van der Waals surface area (Å²) in [5, 5.41) is 1.88. The fraction of sp³-hybridized carbons (Fsp3) is 0.667. The lowest BCUT2D eigenvalue weighted by Gasteiger charge is -2.13. The van der Waals surface area contributed by atoms with Crippen LogP contribution in [-0.2, 0) is 4.79 Å². The zero-order chi connectivity index (χ0) is 10.1. The van der Waals surface area contributed by atoms with Crippen molar-refractivity contribution in [2.45, 2.75) is 12.6 Å². The number of rotatable bonds is 2. The normalized spacial score (nSPS) is 17.9. The van der Waals surface area contributed by atoms with Gasteiger partial charge in [-0.15, -0.1) is 0 Å². The third kappa shape index (κ3) is 2.92. The molecule has 1 aliphatic heterocycles. The Balaban J connectivity index is 2.38. The number of carbonyl (C=O) groups is 2. The number of hydrogen-bond acceptors (Lipinski definition) is 2. The minimum atomic E-state index is -4.30. The van der Waals surface area contributed by atoms with Crippen LogP contribution in [0.25, 0.3) is 0 Å². The molecular weight excluding hydrogens is 189 g/mol. The Labute approximate surface area is 71.7 Å². The van der Waals surface area contributed by atoms with Gasteiger partial charge in [0.25, 0.3) is 0 Å². The number of halogens is 3. The average Bonchev–Trinajstić information content (AvgIpc) is 2.24. The summed E-state index contributed by atoms with van der Waals surface area (Å²) in [6.07, 6.45) is -5.39. The molecule has 1 saturated heterocycles. The molecule has 4 nitrogen and oxygen atoms in total. The highest BCUT2D eigenvalue weighted by Gasteiger charge is 2.32. The van der Waals surface area contributed by atoms with E-state index in [0.29, 0.717) is 0 Å². The quantitative estimate of drug-likeness (QED) is 0.653. The lowest BCUT2D eigenvalue weighted by atomic mass is 10.4. The molecule has 1 N–H and O–H groups in total. The van der Waals surface area contributed by atoms with Crippen LogP contribution >= 0.6 is 0 Å². The van der Waals surface area contributed by atoms with Gasteiger partial charge in [0.15, 0.2) is 0 Å². The zero-order valence-corrected chi connectivity index (χ0v) is 6.52. The van der Waals surface area contributed by atoms with Crippen molar-refractivity contribution in [2.24, 2.45) is 0 Å². The smallest absolute Gasteiger partial charge is 0.315 e. The van der Waals surface area contributed by atoms with Gasteiger partial charge >= 0.3 is 12.2 Å². The molecule has 7 heteroatoms. The fourth-order valence-electron chi connectivity index (χ4n) is 0.925. The maximum absolute atomic E-state index is 11.7. The van der Waals surface area contributed by atoms with Crippen molar-refractivity contribution in [2.75, 3.05) is 13.1 Å². The van der Waals surface area contributed by atoms with Gasteiger partial charge in [-0.25, -0.2) is 4.79 Å². The van der Waals surface area contributed by atoms with E-state index in [1.807, 2.05) is 5.32 Å². The molecule has 0 spiro atoms. The molecule has 0 radical (unpaired) electrons. The van der Waals surface area contributed by atoms with E-state index >= 15 is 0 Å². The van der Waals surface area contributed by atoms with Gasteiger partial charge in [-0.1, -0.05) is 0 Å². The number of amides is 3. The molecule has 1 aliphatic rings. The van der Waals surface area contributed by atoms with Crippen LogP contribution in [0.3, 0.4) is 0 Å². The second kappa shape index (κ2) is 3.23. The molecule has 13 heavy (non-hydrogen) atoms. The van der Waals surface area contributed by atoms with Gasteiger partial charge in [0.2, 0.25) is 5.91 Å². The van der Waals surface area contributed by atoms with Crippen LogP contribution in [0.15, 0.2) is 0 Å². The first-order valence-corrected chi connectivity index (χ1v) is 3.54. The lowest BCUT2D eigenvalue weighted by Crippen LogP contribution is -2.31. The van der Waals surface area contributed by atoms with Crippen LogP contribution in [0.4, 0.5) is 18.0 Å². The summed E-state index contributed by atoms with van der Waals surface area (Å²) in [7, 11) is 0. The molecule has 1 heterocycles. The summed E-state index contributed by atoms with van der Waals surface area (Å²) >= 11 is 0. The summed E-state index contributed by atoms with van der Waals surface area (Å²) in [5.74, 6) is -0.563. The van der Waals surface area contributed by atoms with Crippen LogP contribution in [0, 0.1) is 0 Å². The molecule has 0 atom stereocenters. The minimum Gasteiger partial charge on any atom is -0.315 e. The van der Waals surface area contributed by atoms with Gasteiger partial charge in [0.1, 0.15) is 6.54 Å². The van der Waals surface area contributed by atoms with E-state index in [4.69, 9.17) is 0 Å². The number of nitrogens with zero attached hydrogens (tertiary/aromatic N) is 1. The number of imide groups is 1. The van der Waals surface area contributed by atoms with Gasteiger partial charge in [-0.2, -0.15) is 13.2 Å². The van der Waals surface area contributed by atoms with Crippen LogP contribution in [-0.4, -0.2) is 36.1 Å². The Morgan fingerprint density at radius 2 is 2.00 bits per heavy atom. The third-order valence-electron chi connectivity index (χ3n) is 1.53. The molecule has 1 rings (SSSR count). The molecule has 1 fully saturated rings. The van der Waals surface area contributed by atoms with Crippen LogP contribution in [0.1, 0.15) is 6.42 Å². The summed E-state index contributed by atoms with van der Waals surface area (Å²) in [5.41, 5.74) is 0. The predicted molar refractivity (Wildman–Crippen MR) is 35.8 cm³/mol. The van der Waals surface area contributed by atoms with Crippen LogP contribution in [0.5, 0.6) is 0 Å². The highest BCUT2D eigenvalue weighted by atomic mass is 19.4. The lowest BCUT2D eigenvalue weighted by molar-refractivity contribution is -0.137. The van der Waals surface area contributed by atoms with Crippen molar-refractivity contribution >= 4 is 11.9 Å². The molecule has 0 saturated carbocycles. The number of nitrogens with one attached hydrogen (secondary N) is 1. The Bertz CT molecular complexity index is 239. The maximum atomic E-state index is 11.7. The highest BCUT2D eigenvalue weighted by molar-refractivity contribution is 6.01. The van der Waals surface area contributed by atoms with Gasteiger partial charge < -0.3 is 4.90 Å². The molecular formula is C6H7F3N2O2. The SMILES string of the molecule is O=C1CN(CCC(F)(F)F)C(=O)N1. The molecule has 0 bridgehead atoms. The number of hydrogen-bond donors (Lipinski definition) is 1. The Morgan fingerprint density at radius 3 is 2.38 bits per heavy atom. The van der Waals surface area contributed by atoms with Crippen molar-refractivity contribution in [3.05, 3.63) is 0 Å². The van der Waals surface area contributed by atoms with E-state index in [9.17, 15) is 22.8 Å². The van der Waals surface area contributed by atoms with Crippen LogP contribution in [0.2, 0.25) is 0 Å². The minimum absolute atomic E-state index is 0.283. The first kappa shape index (κ1) is 9.82. The monoisotopic (exact) mass is 196 g/mol. The summed E-state index contributed by atoms with van der Waals surface area (Å²) in [6.45, 7) is -0.754. The van der Waals surface area contributed by atoms with Crippen LogP contribution < -0.4 is 5.32 Å². The van der Waals surface area contributed by atoms with Gasteiger partial charge in [0.05, 0.1) is 6.42 Å². The molecule has 0 unspecified atom stereocenters. The first-order chi connectivity index (χ1) is 5.88. The second-order valence-corrected chi connectivity index (χ2v) is 2.64.